The van der Waals surface area contributed by atoms with Gasteiger partial charge in [-0.3, -0.25) is 14.6 Å². The second-order valence-corrected chi connectivity index (χ2v) is 11.1. The Morgan fingerprint density at radius 1 is 1.15 bits per heavy atom. The predicted molar refractivity (Wildman–Crippen MR) is 147 cm³/mol. The molecule has 8 nitrogen and oxygen atoms in total. The van der Waals surface area contributed by atoms with Crippen molar-refractivity contribution in [2.24, 2.45) is 0 Å². The lowest BCUT2D eigenvalue weighted by Crippen LogP contribution is -2.46. The van der Waals surface area contributed by atoms with Crippen LogP contribution < -0.4 is 5.73 Å². The highest BCUT2D eigenvalue weighted by Gasteiger charge is 2.41. The summed E-state index contributed by atoms with van der Waals surface area (Å²) >= 11 is 6.78. The summed E-state index contributed by atoms with van der Waals surface area (Å²) in [5.74, 6) is -0.319. The zero-order valence-corrected chi connectivity index (χ0v) is 22.9. The Bertz CT molecular complexity index is 1560. The predicted octanol–water partition coefficient (Wildman–Crippen LogP) is 5.10. The van der Waals surface area contributed by atoms with Gasteiger partial charge in [0.2, 0.25) is 5.91 Å². The van der Waals surface area contributed by atoms with Gasteiger partial charge in [-0.1, -0.05) is 30.7 Å². The molecule has 0 radical (unpaired) electrons. The van der Waals surface area contributed by atoms with Crippen molar-refractivity contribution in [2.75, 3.05) is 25.4 Å². The molecule has 1 aromatic carbocycles. The first-order valence-corrected chi connectivity index (χ1v) is 13.9. The average molecular weight is 585 g/mol. The molecule has 4 heterocycles. The number of anilines is 1. The molecular weight excluding hydrogens is 557 g/mol. The van der Waals surface area contributed by atoms with Gasteiger partial charge in [0.1, 0.15) is 5.69 Å². The lowest BCUT2D eigenvalue weighted by atomic mass is 9.80. The van der Waals surface area contributed by atoms with E-state index in [1.54, 1.807) is 9.80 Å². The van der Waals surface area contributed by atoms with E-state index in [0.717, 1.165) is 41.7 Å². The molecule has 2 aromatic heterocycles. The van der Waals surface area contributed by atoms with Crippen molar-refractivity contribution in [1.82, 2.24) is 24.6 Å². The summed E-state index contributed by atoms with van der Waals surface area (Å²) in [5.41, 5.74) is 8.71. The topological polar surface area (TPSA) is 97.4 Å². The van der Waals surface area contributed by atoms with Gasteiger partial charge in [-0.2, -0.15) is 18.3 Å². The minimum atomic E-state index is -4.69. The first-order chi connectivity index (χ1) is 19.6. The van der Waals surface area contributed by atoms with Gasteiger partial charge >= 0.3 is 6.18 Å². The van der Waals surface area contributed by atoms with Gasteiger partial charge < -0.3 is 15.5 Å². The molecule has 1 aliphatic carbocycles. The number of nitrogen functional groups attached to an aromatic ring is 1. The maximum Gasteiger partial charge on any atom is 0.433 e. The summed E-state index contributed by atoms with van der Waals surface area (Å²) in [6.45, 7) is 4.37. The number of benzene rings is 1. The van der Waals surface area contributed by atoms with Crippen LogP contribution in [0, 0.1) is 0 Å². The number of nitrogens with zero attached hydrogens (tertiary/aromatic N) is 5. The Hall–Kier alpha value is -3.86. The van der Waals surface area contributed by atoms with Crippen LogP contribution in [-0.2, 0) is 23.8 Å². The quantitative estimate of drug-likeness (QED) is 0.430. The Morgan fingerprint density at radius 2 is 1.93 bits per heavy atom. The number of aromatic nitrogens is 3. The first-order valence-electron chi connectivity index (χ1n) is 13.5. The van der Waals surface area contributed by atoms with Crippen LogP contribution in [0.3, 0.4) is 0 Å². The van der Waals surface area contributed by atoms with Crippen molar-refractivity contribution >= 4 is 29.1 Å². The van der Waals surface area contributed by atoms with Crippen LogP contribution in [-0.4, -0.2) is 56.0 Å². The second-order valence-electron chi connectivity index (χ2n) is 10.7. The maximum atomic E-state index is 13.8. The molecule has 1 atom stereocenters. The molecule has 0 saturated heterocycles. The summed E-state index contributed by atoms with van der Waals surface area (Å²) in [7, 11) is 0. The molecule has 2 amide bonds. The van der Waals surface area contributed by atoms with E-state index < -0.39 is 23.8 Å². The van der Waals surface area contributed by atoms with Gasteiger partial charge in [0.15, 0.2) is 0 Å². The van der Waals surface area contributed by atoms with E-state index >= 15 is 0 Å². The molecule has 1 saturated carbocycles. The molecule has 2 N–H and O–H groups in total. The van der Waals surface area contributed by atoms with Crippen molar-refractivity contribution in [3.63, 3.8) is 0 Å². The first kappa shape index (κ1) is 27.3. The summed E-state index contributed by atoms with van der Waals surface area (Å²) in [4.78, 5) is 33.0. The van der Waals surface area contributed by atoms with Crippen LogP contribution in [0.25, 0.3) is 5.69 Å². The number of rotatable bonds is 4. The molecule has 214 valence electrons. The van der Waals surface area contributed by atoms with Gasteiger partial charge in [0, 0.05) is 49.9 Å². The summed E-state index contributed by atoms with van der Waals surface area (Å²) in [6.07, 6.45) is 1.81. The van der Waals surface area contributed by atoms with Crippen molar-refractivity contribution in [1.29, 1.82) is 0 Å². The highest BCUT2D eigenvalue weighted by atomic mass is 35.5. The van der Waals surface area contributed by atoms with E-state index in [1.165, 1.54) is 18.1 Å². The van der Waals surface area contributed by atoms with Crippen LogP contribution in [0.5, 0.6) is 0 Å². The van der Waals surface area contributed by atoms with Gasteiger partial charge in [0.05, 0.1) is 33.7 Å². The number of pyridine rings is 1. The Balaban J connectivity index is 1.40. The second kappa shape index (κ2) is 10.2. The fourth-order valence-corrected chi connectivity index (χ4v) is 6.28. The Labute approximate surface area is 239 Å². The van der Waals surface area contributed by atoms with E-state index in [9.17, 15) is 22.8 Å². The SMILES string of the molecule is C=CC(=O)N1CCc2nn(-c3ccc(C4CCC4)cc3Cl)c3c2[C@@H](C1)N(C(=O)c1cnc(C(F)(F)F)cc1N)CC3. The molecule has 41 heavy (non-hydrogen) atoms. The van der Waals surface area contributed by atoms with E-state index in [-0.39, 0.29) is 30.2 Å². The summed E-state index contributed by atoms with van der Waals surface area (Å²) < 4.78 is 41.3. The van der Waals surface area contributed by atoms with Crippen LogP contribution in [0.15, 0.2) is 43.1 Å². The molecule has 1 fully saturated rings. The van der Waals surface area contributed by atoms with Crippen LogP contribution in [0.1, 0.15) is 69.8 Å². The van der Waals surface area contributed by atoms with Gasteiger partial charge in [-0.15, -0.1) is 0 Å². The average Bonchev–Trinajstić information content (AvgIpc) is 3.15. The third-order valence-electron chi connectivity index (χ3n) is 8.39. The molecule has 0 bridgehead atoms. The lowest BCUT2D eigenvalue weighted by Gasteiger charge is -2.38. The van der Waals surface area contributed by atoms with Gasteiger partial charge in [-0.25, -0.2) is 4.68 Å². The monoisotopic (exact) mass is 584 g/mol. The zero-order chi connectivity index (χ0) is 29.1. The molecule has 6 rings (SSSR count). The normalized spacial score (nSPS) is 18.9. The van der Waals surface area contributed by atoms with E-state index in [4.69, 9.17) is 22.4 Å². The molecular formula is C29H28ClF3N6O2. The summed E-state index contributed by atoms with van der Waals surface area (Å²) in [5, 5.41) is 5.51. The molecule has 0 unspecified atom stereocenters. The Kier molecular flexibility index (Phi) is 6.80. The van der Waals surface area contributed by atoms with E-state index in [0.29, 0.717) is 36.4 Å². The number of alkyl halides is 3. The van der Waals surface area contributed by atoms with Crippen molar-refractivity contribution in [2.45, 2.75) is 50.2 Å². The number of halogens is 4. The molecule has 3 aliphatic rings. The molecule has 2 aliphatic heterocycles. The molecule has 12 heteroatoms. The van der Waals surface area contributed by atoms with E-state index in [1.807, 2.05) is 16.8 Å². The highest BCUT2D eigenvalue weighted by Crippen LogP contribution is 2.41. The van der Waals surface area contributed by atoms with Crippen molar-refractivity contribution in [3.05, 3.63) is 81.9 Å². The standard InChI is InChI=1S/C29H28ClF3N6O2/c1-2-26(40)37-10-8-21-27-23(39(36-21)22-7-6-17(12-19(22)30)16-4-3-5-16)9-11-38(24(27)15-37)28(41)18-14-35-25(13-20(18)34)29(31,32)33/h2,6-7,12-14,16,24H,1,3-5,8-11,15H2,(H2,34,35)/t24-/m1/s1. The lowest BCUT2D eigenvalue weighted by molar-refractivity contribution is -0.141. The van der Waals surface area contributed by atoms with Gasteiger partial charge in [0.25, 0.3) is 5.91 Å². The van der Waals surface area contributed by atoms with Crippen LogP contribution >= 0.6 is 11.6 Å². The molecule has 0 spiro atoms. The number of carbonyl (C=O) groups is 2. The number of hydrogen-bond acceptors (Lipinski definition) is 5. The van der Waals surface area contributed by atoms with Crippen molar-refractivity contribution < 1.29 is 22.8 Å². The third-order valence-corrected chi connectivity index (χ3v) is 8.69. The number of hydrogen-bond donors (Lipinski definition) is 1. The van der Waals surface area contributed by atoms with Crippen molar-refractivity contribution in [3.8, 4) is 5.69 Å². The minimum absolute atomic E-state index is 0.129. The number of nitrogens with two attached hydrogens (primary N) is 1. The van der Waals surface area contributed by atoms with Crippen LogP contribution in [0.4, 0.5) is 18.9 Å². The highest BCUT2D eigenvalue weighted by molar-refractivity contribution is 6.32. The Morgan fingerprint density at radius 3 is 2.56 bits per heavy atom. The minimum Gasteiger partial charge on any atom is -0.398 e. The van der Waals surface area contributed by atoms with E-state index in [2.05, 4.69) is 17.6 Å². The smallest absolute Gasteiger partial charge is 0.398 e. The largest absolute Gasteiger partial charge is 0.433 e. The number of carbonyl (C=O) groups excluding carboxylic acids is 2. The maximum absolute atomic E-state index is 13.8. The third kappa shape index (κ3) is 4.75. The van der Waals surface area contributed by atoms with Gasteiger partial charge in [-0.05, 0) is 48.6 Å². The number of amides is 2. The zero-order valence-electron chi connectivity index (χ0n) is 22.1. The summed E-state index contributed by atoms with van der Waals surface area (Å²) in [6, 6.07) is 6.14. The van der Waals surface area contributed by atoms with Crippen LogP contribution in [0.2, 0.25) is 5.02 Å². The fraction of sp³-hybridized carbons (Fsp3) is 0.379. The molecule has 3 aromatic rings. The fourth-order valence-electron chi connectivity index (χ4n) is 6.02.